The van der Waals surface area contributed by atoms with E-state index in [0.29, 0.717) is 18.2 Å². The van der Waals surface area contributed by atoms with Gasteiger partial charge in [-0.25, -0.2) is 4.98 Å². The van der Waals surface area contributed by atoms with Crippen LogP contribution in [0.1, 0.15) is 30.5 Å². The van der Waals surface area contributed by atoms with Gasteiger partial charge in [0, 0.05) is 11.8 Å². The average Bonchev–Trinajstić information content (AvgIpc) is 2.84. The third-order valence-electron chi connectivity index (χ3n) is 2.92. The highest BCUT2D eigenvalue weighted by Crippen LogP contribution is 2.15. The van der Waals surface area contributed by atoms with E-state index in [4.69, 9.17) is 4.74 Å². The molecular weight excluding hydrogens is 284 g/mol. The molecule has 2 aromatic rings. The van der Waals surface area contributed by atoms with Crippen LogP contribution in [0.4, 0.5) is 5.13 Å². The first-order valence-corrected chi connectivity index (χ1v) is 7.93. The Kier molecular flexibility index (Phi) is 5.75. The van der Waals surface area contributed by atoms with Gasteiger partial charge < -0.3 is 10.1 Å². The number of aromatic nitrogens is 1. The van der Waals surface area contributed by atoms with Crippen LogP contribution in [0.25, 0.3) is 0 Å². The van der Waals surface area contributed by atoms with Gasteiger partial charge in [0.25, 0.3) is 0 Å². The van der Waals surface area contributed by atoms with Crippen LogP contribution in [-0.4, -0.2) is 17.5 Å². The van der Waals surface area contributed by atoms with E-state index in [2.05, 4.69) is 10.3 Å². The standard InChI is InChI=1S/C16H20N2O2S/c1-12-6-5-7-14(10-12)20-9-4-3-8-15(19)18-16-17-13(2)11-21-16/h5-7,10-11H,3-4,8-9H2,1-2H3,(H,17,18,19). The van der Waals surface area contributed by atoms with Crippen LogP contribution >= 0.6 is 11.3 Å². The van der Waals surface area contributed by atoms with Gasteiger partial charge in [0.2, 0.25) is 5.91 Å². The Bertz CT molecular complexity index is 595. The van der Waals surface area contributed by atoms with Gasteiger partial charge in [-0.15, -0.1) is 11.3 Å². The van der Waals surface area contributed by atoms with Crippen molar-refractivity contribution in [1.82, 2.24) is 4.98 Å². The maximum atomic E-state index is 11.7. The van der Waals surface area contributed by atoms with Crippen molar-refractivity contribution >= 4 is 22.4 Å². The predicted molar refractivity (Wildman–Crippen MR) is 86.0 cm³/mol. The second kappa shape index (κ2) is 7.78. The average molecular weight is 304 g/mol. The quantitative estimate of drug-likeness (QED) is 0.788. The minimum absolute atomic E-state index is 0.0138. The first-order chi connectivity index (χ1) is 10.1. The lowest BCUT2D eigenvalue weighted by molar-refractivity contribution is -0.116. The summed E-state index contributed by atoms with van der Waals surface area (Å²) in [6.07, 6.45) is 2.16. The fourth-order valence-corrected chi connectivity index (χ4v) is 2.58. The number of nitrogens with zero attached hydrogens (tertiary/aromatic N) is 1. The van der Waals surface area contributed by atoms with Crippen molar-refractivity contribution in [3.8, 4) is 5.75 Å². The first kappa shape index (κ1) is 15.5. The van der Waals surface area contributed by atoms with E-state index in [1.807, 2.05) is 43.5 Å². The molecule has 1 N–H and O–H groups in total. The number of thiazole rings is 1. The number of hydrogen-bond acceptors (Lipinski definition) is 4. The van der Waals surface area contributed by atoms with Crippen molar-refractivity contribution in [2.45, 2.75) is 33.1 Å². The number of anilines is 1. The molecule has 1 aromatic heterocycles. The van der Waals surface area contributed by atoms with Crippen molar-refractivity contribution in [1.29, 1.82) is 0 Å². The van der Waals surface area contributed by atoms with Crippen molar-refractivity contribution < 1.29 is 9.53 Å². The Morgan fingerprint density at radius 1 is 1.33 bits per heavy atom. The maximum Gasteiger partial charge on any atom is 0.226 e. The molecule has 0 saturated carbocycles. The van der Waals surface area contributed by atoms with Crippen molar-refractivity contribution in [2.75, 3.05) is 11.9 Å². The third-order valence-corrected chi connectivity index (χ3v) is 3.80. The summed E-state index contributed by atoms with van der Waals surface area (Å²) in [4.78, 5) is 15.9. The Balaban J connectivity index is 1.60. The van der Waals surface area contributed by atoms with Gasteiger partial charge in [0.1, 0.15) is 5.75 Å². The number of hydrogen-bond donors (Lipinski definition) is 1. The van der Waals surface area contributed by atoms with E-state index in [9.17, 15) is 4.79 Å². The van der Waals surface area contributed by atoms with Gasteiger partial charge in [0.15, 0.2) is 5.13 Å². The van der Waals surface area contributed by atoms with Crippen LogP contribution in [0.15, 0.2) is 29.6 Å². The number of rotatable bonds is 7. The van der Waals surface area contributed by atoms with E-state index in [1.54, 1.807) is 0 Å². The third kappa shape index (κ3) is 5.55. The molecule has 0 atom stereocenters. The lowest BCUT2D eigenvalue weighted by Gasteiger charge is -2.06. The zero-order valence-electron chi connectivity index (χ0n) is 12.4. The Morgan fingerprint density at radius 3 is 2.90 bits per heavy atom. The number of aryl methyl sites for hydroxylation is 2. The van der Waals surface area contributed by atoms with Gasteiger partial charge in [-0.3, -0.25) is 4.79 Å². The largest absolute Gasteiger partial charge is 0.494 e. The maximum absolute atomic E-state index is 11.7. The summed E-state index contributed by atoms with van der Waals surface area (Å²) in [5.74, 6) is 0.901. The molecule has 4 nitrogen and oxygen atoms in total. The Labute approximate surface area is 129 Å². The van der Waals surface area contributed by atoms with E-state index in [0.717, 1.165) is 24.3 Å². The molecule has 0 fully saturated rings. The lowest BCUT2D eigenvalue weighted by atomic mass is 10.2. The first-order valence-electron chi connectivity index (χ1n) is 7.05. The van der Waals surface area contributed by atoms with Crippen LogP contribution < -0.4 is 10.1 Å². The molecular formula is C16H20N2O2S. The Hall–Kier alpha value is -1.88. The number of carbonyl (C=O) groups excluding carboxylic acids is 1. The van der Waals surface area contributed by atoms with Crippen LogP contribution in [0.3, 0.4) is 0 Å². The highest BCUT2D eigenvalue weighted by molar-refractivity contribution is 7.13. The highest BCUT2D eigenvalue weighted by atomic mass is 32.1. The van der Waals surface area contributed by atoms with Gasteiger partial charge in [0.05, 0.1) is 12.3 Å². The summed E-state index contributed by atoms with van der Waals surface area (Å²) in [6, 6.07) is 7.98. The Morgan fingerprint density at radius 2 is 2.19 bits per heavy atom. The summed E-state index contributed by atoms with van der Waals surface area (Å²) in [7, 11) is 0. The predicted octanol–water partition coefficient (Wildman–Crippen LogP) is 3.95. The molecule has 0 aliphatic rings. The summed E-state index contributed by atoms with van der Waals surface area (Å²) < 4.78 is 5.65. The SMILES string of the molecule is Cc1cccc(OCCCCC(=O)Nc2nc(C)cs2)c1. The van der Waals surface area contributed by atoms with Gasteiger partial charge >= 0.3 is 0 Å². The van der Waals surface area contributed by atoms with E-state index >= 15 is 0 Å². The second-order valence-electron chi connectivity index (χ2n) is 4.96. The fourth-order valence-electron chi connectivity index (χ4n) is 1.88. The molecule has 0 bridgehead atoms. The van der Waals surface area contributed by atoms with E-state index in [-0.39, 0.29) is 5.91 Å². The molecule has 0 aliphatic heterocycles. The van der Waals surface area contributed by atoms with Gasteiger partial charge in [-0.1, -0.05) is 12.1 Å². The molecule has 5 heteroatoms. The number of ether oxygens (including phenoxy) is 1. The van der Waals surface area contributed by atoms with Crippen molar-refractivity contribution in [3.05, 3.63) is 40.9 Å². The second-order valence-corrected chi connectivity index (χ2v) is 5.82. The van der Waals surface area contributed by atoms with Gasteiger partial charge in [-0.2, -0.15) is 0 Å². The monoisotopic (exact) mass is 304 g/mol. The molecule has 0 radical (unpaired) electrons. The van der Waals surface area contributed by atoms with Crippen LogP contribution in [0.2, 0.25) is 0 Å². The lowest BCUT2D eigenvalue weighted by Crippen LogP contribution is -2.11. The van der Waals surface area contributed by atoms with E-state index < -0.39 is 0 Å². The molecule has 112 valence electrons. The van der Waals surface area contributed by atoms with Crippen LogP contribution in [-0.2, 0) is 4.79 Å². The number of benzene rings is 1. The molecule has 1 heterocycles. The molecule has 21 heavy (non-hydrogen) atoms. The number of amides is 1. The summed E-state index contributed by atoms with van der Waals surface area (Å²) in [6.45, 7) is 4.58. The zero-order valence-corrected chi connectivity index (χ0v) is 13.2. The number of nitrogens with one attached hydrogen (secondary N) is 1. The molecule has 0 saturated heterocycles. The normalized spacial score (nSPS) is 10.4. The smallest absolute Gasteiger partial charge is 0.226 e. The molecule has 0 aliphatic carbocycles. The van der Waals surface area contributed by atoms with Crippen LogP contribution in [0, 0.1) is 13.8 Å². The highest BCUT2D eigenvalue weighted by Gasteiger charge is 2.05. The molecule has 1 aromatic carbocycles. The molecule has 2 rings (SSSR count). The summed E-state index contributed by atoms with van der Waals surface area (Å²) >= 11 is 1.45. The molecule has 1 amide bonds. The zero-order chi connectivity index (χ0) is 15.1. The van der Waals surface area contributed by atoms with E-state index in [1.165, 1.54) is 16.9 Å². The summed E-state index contributed by atoms with van der Waals surface area (Å²) in [5, 5.41) is 5.40. The fraction of sp³-hybridized carbons (Fsp3) is 0.375. The minimum atomic E-state index is 0.0138. The molecule has 0 unspecified atom stereocenters. The number of carbonyl (C=O) groups is 1. The van der Waals surface area contributed by atoms with Gasteiger partial charge in [-0.05, 0) is 44.4 Å². The minimum Gasteiger partial charge on any atom is -0.494 e. The number of unbranched alkanes of at least 4 members (excludes halogenated alkanes) is 1. The van der Waals surface area contributed by atoms with Crippen molar-refractivity contribution in [3.63, 3.8) is 0 Å². The van der Waals surface area contributed by atoms with Crippen molar-refractivity contribution in [2.24, 2.45) is 0 Å². The summed E-state index contributed by atoms with van der Waals surface area (Å²) in [5.41, 5.74) is 2.12. The molecule has 0 spiro atoms. The van der Waals surface area contributed by atoms with Crippen LogP contribution in [0.5, 0.6) is 5.75 Å². The topological polar surface area (TPSA) is 51.2 Å².